The van der Waals surface area contributed by atoms with Gasteiger partial charge in [-0.25, -0.2) is 14.6 Å². The Labute approximate surface area is 295 Å². The van der Waals surface area contributed by atoms with Crippen LogP contribution in [0.2, 0.25) is 0 Å². The Hall–Kier alpha value is -5.46. The number of quaternary nitrogens is 1. The first kappa shape index (κ1) is 35.0. The molecule has 1 aromatic heterocycles. The van der Waals surface area contributed by atoms with E-state index < -0.39 is 84.0 Å². The summed E-state index contributed by atoms with van der Waals surface area (Å²) in [5.41, 5.74) is 6.54. The molecule has 6 N–H and O–H groups in total. The maximum absolute atomic E-state index is 14.0. The molecule has 3 aliphatic rings. The average Bonchev–Trinajstić information content (AvgIpc) is 3.71. The Morgan fingerprint density at radius 3 is 2.00 bits per heavy atom. The number of carbonyl (C=O) groups is 3. The fraction of sp³-hybridized carbons (Fsp3) is 0.278. The maximum Gasteiger partial charge on any atom is 0.338 e. The number of nitrogens with zero attached hydrogens (tertiary/aromatic N) is 4. The molecule has 4 heterocycles. The van der Waals surface area contributed by atoms with Gasteiger partial charge in [0.15, 0.2) is 23.7 Å². The van der Waals surface area contributed by atoms with Gasteiger partial charge in [-0.15, -0.1) is 0 Å². The molecule has 16 heteroatoms. The third kappa shape index (κ3) is 6.11. The second-order valence-electron chi connectivity index (χ2n) is 12.4. The van der Waals surface area contributed by atoms with Crippen LogP contribution in [0.3, 0.4) is 0 Å². The van der Waals surface area contributed by atoms with Crippen LogP contribution in [0.1, 0.15) is 31.1 Å². The minimum absolute atomic E-state index is 0.0148. The second-order valence-corrected chi connectivity index (χ2v) is 12.4. The molecule has 7 rings (SSSR count). The number of esters is 2. The molecule has 2 saturated heterocycles. The molecule has 268 valence electrons. The summed E-state index contributed by atoms with van der Waals surface area (Å²) in [6, 6.07) is 23.6. The zero-order chi connectivity index (χ0) is 36.6. The maximum atomic E-state index is 14.0. The third-order valence-corrected chi connectivity index (χ3v) is 9.25. The van der Waals surface area contributed by atoms with Crippen molar-refractivity contribution in [3.05, 3.63) is 114 Å². The highest BCUT2D eigenvalue weighted by atomic mass is 16.6. The number of fused-ring (bicyclic) bond motifs is 1. The van der Waals surface area contributed by atoms with E-state index in [9.17, 15) is 34.8 Å². The summed E-state index contributed by atoms with van der Waals surface area (Å²) in [4.78, 5) is 53.5. The van der Waals surface area contributed by atoms with Crippen LogP contribution >= 0.6 is 0 Å². The lowest BCUT2D eigenvalue weighted by molar-refractivity contribution is -0.237. The van der Waals surface area contributed by atoms with Gasteiger partial charge in [0.2, 0.25) is 30.7 Å². The quantitative estimate of drug-likeness (QED) is 0.0922. The molecule has 3 aliphatic heterocycles. The van der Waals surface area contributed by atoms with Gasteiger partial charge in [-0.05, 0) is 24.3 Å². The number of aromatic nitrogens is 2. The zero-order valence-electron chi connectivity index (χ0n) is 27.2. The second kappa shape index (κ2) is 14.3. The molecule has 4 aromatic rings. The standard InChI is InChI=1S/C36H34N5O11/c37-31-23-32(39-17-38-31)41(18-40-23,34-30(25(44)22(42)16-49-34)52-36(48)21-14-8-3-9-15-21)33-27(46)26(45)29(50-33)28(24(43)19-10-4-1-5-11-19)51-35(47)20-12-6-2-7-13-20/h1-15,17-18,22,25-30,33-34,42,44-46H,16H2,(H2,37,38,39)/q+1/t22-,25-,26+,27-,28?,29+,30-,33-,34?,41?/m1/s1. The fourth-order valence-electron chi connectivity index (χ4n) is 6.64. The van der Waals surface area contributed by atoms with Gasteiger partial charge >= 0.3 is 11.9 Å². The number of ketones is 1. The molecule has 3 aromatic carbocycles. The lowest BCUT2D eigenvalue weighted by Gasteiger charge is -2.47. The number of benzene rings is 3. The molecule has 0 spiro atoms. The van der Waals surface area contributed by atoms with Crippen LogP contribution in [-0.2, 0) is 18.9 Å². The molecule has 0 saturated carbocycles. The van der Waals surface area contributed by atoms with Gasteiger partial charge in [0, 0.05) is 5.56 Å². The molecule has 0 amide bonds. The molecule has 2 fully saturated rings. The number of nitrogens with two attached hydrogens (primary N) is 1. The van der Waals surface area contributed by atoms with Gasteiger partial charge in [0.25, 0.3) is 5.82 Å². The van der Waals surface area contributed by atoms with Crippen molar-refractivity contribution >= 4 is 41.4 Å². The highest BCUT2D eigenvalue weighted by molar-refractivity contribution is 6.02. The van der Waals surface area contributed by atoms with Crippen LogP contribution in [0.15, 0.2) is 102 Å². The van der Waals surface area contributed by atoms with E-state index in [2.05, 4.69) is 15.0 Å². The molecular weight excluding hydrogens is 678 g/mol. The zero-order valence-corrected chi connectivity index (χ0v) is 27.2. The smallest absolute Gasteiger partial charge is 0.338 e. The molecule has 0 bridgehead atoms. The number of carbonyl (C=O) groups excluding carboxylic acids is 3. The van der Waals surface area contributed by atoms with Crippen LogP contribution in [0.25, 0.3) is 0 Å². The van der Waals surface area contributed by atoms with E-state index in [1.807, 2.05) is 0 Å². The van der Waals surface area contributed by atoms with Crippen LogP contribution < -0.4 is 10.2 Å². The van der Waals surface area contributed by atoms with Crippen LogP contribution in [0.5, 0.6) is 0 Å². The van der Waals surface area contributed by atoms with Gasteiger partial charge in [0.1, 0.15) is 30.7 Å². The van der Waals surface area contributed by atoms with E-state index in [1.165, 1.54) is 42.7 Å². The number of ether oxygens (including phenoxy) is 4. The van der Waals surface area contributed by atoms with Gasteiger partial charge < -0.3 is 45.1 Å². The third-order valence-electron chi connectivity index (χ3n) is 9.25. The monoisotopic (exact) mass is 712 g/mol. The van der Waals surface area contributed by atoms with Crippen molar-refractivity contribution < 1.29 is 53.8 Å². The van der Waals surface area contributed by atoms with Crippen LogP contribution in [-0.4, -0.2) is 116 Å². The van der Waals surface area contributed by atoms with Crippen LogP contribution in [0, 0.1) is 0 Å². The topological polar surface area (TPSA) is 233 Å². The number of nitrogen functional groups attached to an aromatic ring is 1. The highest BCUT2D eigenvalue weighted by Gasteiger charge is 2.67. The molecular formula is C36H34N5O11+. The highest BCUT2D eigenvalue weighted by Crippen LogP contribution is 2.48. The van der Waals surface area contributed by atoms with E-state index in [-0.39, 0.29) is 34.0 Å². The number of anilines is 1. The van der Waals surface area contributed by atoms with Crippen molar-refractivity contribution in [2.24, 2.45) is 4.99 Å². The van der Waals surface area contributed by atoms with E-state index >= 15 is 0 Å². The Morgan fingerprint density at radius 1 is 0.769 bits per heavy atom. The fourth-order valence-corrected chi connectivity index (χ4v) is 6.64. The Balaban J connectivity index is 1.31. The summed E-state index contributed by atoms with van der Waals surface area (Å²) in [5, 5.41) is 45.5. The van der Waals surface area contributed by atoms with Gasteiger partial charge in [-0.3, -0.25) is 4.79 Å². The molecule has 0 radical (unpaired) electrons. The summed E-state index contributed by atoms with van der Waals surface area (Å²) in [6.07, 6.45) is -13.1. The minimum Gasteiger partial charge on any atom is -0.447 e. The SMILES string of the molecule is Nc1ncnc2c1N=C[N+]2(C1OC[C@@H](O)[C@@H](O)[C@H]1OC(=O)c1ccccc1)[C@@H]1O[C@H](C(OC(=O)c2ccccc2)C(=O)c2ccccc2)[C@@H](O)[C@H]1O. The molecule has 16 nitrogen and oxygen atoms in total. The Bertz CT molecular complexity index is 1970. The van der Waals surface area contributed by atoms with E-state index in [4.69, 9.17) is 24.7 Å². The van der Waals surface area contributed by atoms with Gasteiger partial charge in [-0.1, -0.05) is 66.7 Å². The summed E-state index contributed by atoms with van der Waals surface area (Å²) in [5.74, 6) is -2.66. The van der Waals surface area contributed by atoms with E-state index in [0.29, 0.717) is 0 Å². The number of hydrogen-bond donors (Lipinski definition) is 5. The summed E-state index contributed by atoms with van der Waals surface area (Å²) in [7, 11) is 0. The van der Waals surface area contributed by atoms with Crippen molar-refractivity contribution in [1.29, 1.82) is 0 Å². The van der Waals surface area contributed by atoms with Crippen molar-refractivity contribution in [3.8, 4) is 0 Å². The number of aliphatic hydroxyl groups excluding tert-OH is 4. The molecule has 52 heavy (non-hydrogen) atoms. The Kier molecular flexibility index (Phi) is 9.60. The van der Waals surface area contributed by atoms with Crippen molar-refractivity contribution in [1.82, 2.24) is 14.5 Å². The number of aliphatic hydroxyl groups is 4. The van der Waals surface area contributed by atoms with Crippen molar-refractivity contribution in [3.63, 3.8) is 0 Å². The largest absolute Gasteiger partial charge is 0.447 e. The molecule has 0 aliphatic carbocycles. The molecule has 3 unspecified atom stereocenters. The van der Waals surface area contributed by atoms with Crippen molar-refractivity contribution in [2.75, 3.05) is 12.3 Å². The van der Waals surface area contributed by atoms with Crippen molar-refractivity contribution in [2.45, 2.75) is 55.2 Å². The normalized spacial score (nSPS) is 29.9. The minimum atomic E-state index is -1.89. The first-order valence-corrected chi connectivity index (χ1v) is 16.3. The summed E-state index contributed by atoms with van der Waals surface area (Å²) >= 11 is 0. The lowest BCUT2D eigenvalue weighted by atomic mass is 9.96. The average molecular weight is 713 g/mol. The van der Waals surface area contributed by atoms with Crippen LogP contribution in [0.4, 0.5) is 17.3 Å². The van der Waals surface area contributed by atoms with Gasteiger partial charge in [0.05, 0.1) is 17.7 Å². The first-order chi connectivity index (χ1) is 25.1. The molecule has 10 atom stereocenters. The number of rotatable bonds is 9. The van der Waals surface area contributed by atoms with Gasteiger partial charge in [-0.2, -0.15) is 14.5 Å². The number of hydrogen-bond acceptors (Lipinski definition) is 15. The first-order valence-electron chi connectivity index (χ1n) is 16.3. The number of Topliss-reactive ketones (excluding diaryl/α,β-unsaturated/α-hetero) is 1. The Morgan fingerprint density at radius 2 is 1.37 bits per heavy atom. The predicted octanol–water partition coefficient (Wildman–Crippen LogP) is 0.898. The summed E-state index contributed by atoms with van der Waals surface area (Å²) < 4.78 is 23.1. The predicted molar refractivity (Wildman–Crippen MR) is 181 cm³/mol. The number of aliphatic imine (C=N–C) groups is 1. The van der Waals surface area contributed by atoms with E-state index in [1.54, 1.807) is 54.6 Å². The van der Waals surface area contributed by atoms with E-state index in [0.717, 1.165) is 6.33 Å². The lowest BCUT2D eigenvalue weighted by Crippen LogP contribution is -2.73. The summed E-state index contributed by atoms with van der Waals surface area (Å²) in [6.45, 7) is -0.479.